The molecule has 96 valence electrons. The molecular formula is C14H22BrNO. The SMILES string of the molecule is CC(C)Oc1ccc(Br)c(CNC(C)(C)C)c1. The maximum absolute atomic E-state index is 5.69. The highest BCUT2D eigenvalue weighted by atomic mass is 79.9. The van der Waals surface area contributed by atoms with E-state index >= 15 is 0 Å². The molecule has 1 rings (SSSR count). The van der Waals surface area contributed by atoms with E-state index < -0.39 is 0 Å². The Bertz CT molecular complexity index is 369. The fraction of sp³-hybridized carbons (Fsp3) is 0.571. The van der Waals surface area contributed by atoms with Crippen molar-refractivity contribution >= 4 is 15.9 Å². The van der Waals surface area contributed by atoms with E-state index in [1.807, 2.05) is 26.0 Å². The van der Waals surface area contributed by atoms with E-state index in [1.165, 1.54) is 5.56 Å². The highest BCUT2D eigenvalue weighted by Crippen LogP contribution is 2.23. The van der Waals surface area contributed by atoms with Crippen LogP contribution in [-0.4, -0.2) is 11.6 Å². The van der Waals surface area contributed by atoms with Crippen LogP contribution in [0.2, 0.25) is 0 Å². The van der Waals surface area contributed by atoms with E-state index in [2.05, 4.69) is 48.1 Å². The minimum Gasteiger partial charge on any atom is -0.491 e. The van der Waals surface area contributed by atoms with Gasteiger partial charge in [0.1, 0.15) is 5.75 Å². The largest absolute Gasteiger partial charge is 0.491 e. The maximum atomic E-state index is 5.69. The molecule has 0 aromatic heterocycles. The second-order valence-corrected chi connectivity index (χ2v) is 6.38. The molecule has 0 atom stereocenters. The number of ether oxygens (including phenoxy) is 1. The molecule has 0 saturated carbocycles. The Morgan fingerprint density at radius 3 is 2.47 bits per heavy atom. The molecule has 0 radical (unpaired) electrons. The fourth-order valence-electron chi connectivity index (χ4n) is 1.39. The fourth-order valence-corrected chi connectivity index (χ4v) is 1.78. The lowest BCUT2D eigenvalue weighted by Crippen LogP contribution is -2.35. The number of halogens is 1. The first kappa shape index (κ1) is 14.5. The van der Waals surface area contributed by atoms with Crippen LogP contribution in [0.15, 0.2) is 22.7 Å². The molecule has 0 amide bonds. The van der Waals surface area contributed by atoms with Crippen LogP contribution < -0.4 is 10.1 Å². The quantitative estimate of drug-likeness (QED) is 0.903. The Labute approximate surface area is 113 Å². The van der Waals surface area contributed by atoms with Crippen molar-refractivity contribution in [2.45, 2.75) is 52.8 Å². The van der Waals surface area contributed by atoms with E-state index in [4.69, 9.17) is 4.74 Å². The van der Waals surface area contributed by atoms with Crippen molar-refractivity contribution in [2.75, 3.05) is 0 Å². The molecule has 2 nitrogen and oxygen atoms in total. The predicted molar refractivity (Wildman–Crippen MR) is 76.5 cm³/mol. The average molecular weight is 300 g/mol. The van der Waals surface area contributed by atoms with Gasteiger partial charge in [0, 0.05) is 16.6 Å². The number of hydrogen-bond donors (Lipinski definition) is 1. The number of nitrogens with one attached hydrogen (secondary N) is 1. The van der Waals surface area contributed by atoms with Crippen molar-refractivity contribution in [3.63, 3.8) is 0 Å². The Hall–Kier alpha value is -0.540. The lowest BCUT2D eigenvalue weighted by molar-refractivity contribution is 0.242. The van der Waals surface area contributed by atoms with Crippen molar-refractivity contribution < 1.29 is 4.74 Å². The van der Waals surface area contributed by atoms with E-state index in [-0.39, 0.29) is 11.6 Å². The molecule has 0 spiro atoms. The van der Waals surface area contributed by atoms with Crippen LogP contribution in [0.5, 0.6) is 5.75 Å². The molecule has 1 aromatic rings. The Balaban J connectivity index is 2.76. The third-order valence-electron chi connectivity index (χ3n) is 2.20. The first-order valence-corrected chi connectivity index (χ1v) is 6.77. The number of hydrogen-bond acceptors (Lipinski definition) is 2. The minimum absolute atomic E-state index is 0.119. The highest BCUT2D eigenvalue weighted by molar-refractivity contribution is 9.10. The van der Waals surface area contributed by atoms with Gasteiger partial charge in [0.05, 0.1) is 6.10 Å². The van der Waals surface area contributed by atoms with E-state index in [0.717, 1.165) is 16.8 Å². The molecule has 0 saturated heterocycles. The second-order valence-electron chi connectivity index (χ2n) is 5.52. The van der Waals surface area contributed by atoms with Crippen LogP contribution in [0.3, 0.4) is 0 Å². The van der Waals surface area contributed by atoms with Gasteiger partial charge in [0.25, 0.3) is 0 Å². The van der Waals surface area contributed by atoms with Crippen molar-refractivity contribution in [1.29, 1.82) is 0 Å². The minimum atomic E-state index is 0.119. The molecule has 1 N–H and O–H groups in total. The summed E-state index contributed by atoms with van der Waals surface area (Å²) in [5.74, 6) is 0.925. The highest BCUT2D eigenvalue weighted by Gasteiger charge is 2.10. The van der Waals surface area contributed by atoms with Gasteiger partial charge in [-0.1, -0.05) is 15.9 Å². The van der Waals surface area contributed by atoms with Crippen LogP contribution in [0.1, 0.15) is 40.2 Å². The van der Waals surface area contributed by atoms with E-state index in [1.54, 1.807) is 0 Å². The monoisotopic (exact) mass is 299 g/mol. The van der Waals surface area contributed by atoms with Gasteiger partial charge >= 0.3 is 0 Å². The summed E-state index contributed by atoms with van der Waals surface area (Å²) in [5, 5.41) is 3.47. The van der Waals surface area contributed by atoms with Crippen molar-refractivity contribution in [3.8, 4) is 5.75 Å². The topological polar surface area (TPSA) is 21.3 Å². The van der Waals surface area contributed by atoms with Gasteiger partial charge in [-0.3, -0.25) is 0 Å². The van der Waals surface area contributed by atoms with Crippen LogP contribution in [-0.2, 0) is 6.54 Å². The van der Waals surface area contributed by atoms with Gasteiger partial charge in [0.15, 0.2) is 0 Å². The number of benzene rings is 1. The molecule has 0 heterocycles. The van der Waals surface area contributed by atoms with Gasteiger partial charge in [0.2, 0.25) is 0 Å². The molecule has 0 fully saturated rings. The van der Waals surface area contributed by atoms with Crippen LogP contribution >= 0.6 is 15.9 Å². The molecule has 0 aliphatic heterocycles. The van der Waals surface area contributed by atoms with E-state index in [0.29, 0.717) is 0 Å². The number of rotatable bonds is 4. The smallest absolute Gasteiger partial charge is 0.120 e. The van der Waals surface area contributed by atoms with Gasteiger partial charge in [-0.05, 0) is 58.4 Å². The Morgan fingerprint density at radius 1 is 1.29 bits per heavy atom. The normalized spacial score (nSPS) is 11.9. The third-order valence-corrected chi connectivity index (χ3v) is 2.97. The van der Waals surface area contributed by atoms with Gasteiger partial charge in [-0.2, -0.15) is 0 Å². The Kier molecular flexibility index (Phi) is 5.02. The zero-order chi connectivity index (χ0) is 13.1. The van der Waals surface area contributed by atoms with Crippen molar-refractivity contribution in [3.05, 3.63) is 28.2 Å². The summed E-state index contributed by atoms with van der Waals surface area (Å²) in [6.45, 7) is 11.4. The summed E-state index contributed by atoms with van der Waals surface area (Å²) < 4.78 is 6.81. The molecular weight excluding hydrogens is 278 g/mol. The van der Waals surface area contributed by atoms with Crippen molar-refractivity contribution in [2.24, 2.45) is 0 Å². The Morgan fingerprint density at radius 2 is 1.94 bits per heavy atom. The molecule has 0 bridgehead atoms. The third kappa shape index (κ3) is 5.55. The maximum Gasteiger partial charge on any atom is 0.120 e. The second kappa shape index (κ2) is 5.87. The average Bonchev–Trinajstić information content (AvgIpc) is 2.17. The molecule has 0 unspecified atom stereocenters. The zero-order valence-corrected chi connectivity index (χ0v) is 12.9. The lowest BCUT2D eigenvalue weighted by Gasteiger charge is -2.21. The molecule has 1 aromatic carbocycles. The first-order valence-electron chi connectivity index (χ1n) is 5.98. The summed E-state index contributed by atoms with van der Waals surface area (Å²) in [5.41, 5.74) is 1.34. The van der Waals surface area contributed by atoms with Crippen LogP contribution in [0, 0.1) is 0 Å². The lowest BCUT2D eigenvalue weighted by atomic mass is 10.1. The summed E-state index contributed by atoms with van der Waals surface area (Å²) in [4.78, 5) is 0. The van der Waals surface area contributed by atoms with E-state index in [9.17, 15) is 0 Å². The van der Waals surface area contributed by atoms with Crippen LogP contribution in [0.4, 0.5) is 0 Å². The summed E-state index contributed by atoms with van der Waals surface area (Å²) in [7, 11) is 0. The summed E-state index contributed by atoms with van der Waals surface area (Å²) >= 11 is 3.57. The summed E-state index contributed by atoms with van der Waals surface area (Å²) in [6.07, 6.45) is 0.208. The first-order chi connectivity index (χ1) is 7.78. The molecule has 17 heavy (non-hydrogen) atoms. The van der Waals surface area contributed by atoms with Gasteiger partial charge in [-0.25, -0.2) is 0 Å². The summed E-state index contributed by atoms with van der Waals surface area (Å²) in [6, 6.07) is 6.12. The standard InChI is InChI=1S/C14H22BrNO/c1-10(2)17-12-6-7-13(15)11(8-12)9-16-14(3,4)5/h6-8,10,16H,9H2,1-5H3. The predicted octanol–water partition coefficient (Wildman–Crippen LogP) is 4.12. The van der Waals surface area contributed by atoms with Gasteiger partial charge < -0.3 is 10.1 Å². The zero-order valence-electron chi connectivity index (χ0n) is 11.3. The molecule has 3 heteroatoms. The van der Waals surface area contributed by atoms with Crippen LogP contribution in [0.25, 0.3) is 0 Å². The molecule has 0 aliphatic carbocycles. The molecule has 0 aliphatic rings. The van der Waals surface area contributed by atoms with Crippen molar-refractivity contribution in [1.82, 2.24) is 5.32 Å². The van der Waals surface area contributed by atoms with Gasteiger partial charge in [-0.15, -0.1) is 0 Å².